The normalized spacial score (nSPS) is 30.3. The molecule has 0 spiro atoms. The average molecular weight is 333 g/mol. The van der Waals surface area contributed by atoms with Crippen molar-refractivity contribution >= 4 is 21.9 Å². The number of hydrogen-bond acceptors (Lipinski definition) is 4. The van der Waals surface area contributed by atoms with Crippen LogP contribution in [-0.2, 0) is 14.2 Å². The van der Waals surface area contributed by atoms with Crippen LogP contribution in [0, 0.1) is 0 Å². The summed E-state index contributed by atoms with van der Waals surface area (Å²) < 4.78 is 29.4. The van der Waals surface area contributed by atoms with Gasteiger partial charge in [0.1, 0.15) is 11.1 Å². The maximum atomic E-state index is 13.9. The van der Waals surface area contributed by atoms with Crippen LogP contribution < -0.4 is 0 Å². The highest BCUT2D eigenvalue weighted by Gasteiger charge is 2.46. The molecule has 0 saturated carbocycles. The Balaban J connectivity index is 2.06. The first-order chi connectivity index (χ1) is 9.13. The van der Waals surface area contributed by atoms with Crippen LogP contribution in [0.1, 0.15) is 10.4 Å². The first-order valence-electron chi connectivity index (χ1n) is 5.82. The number of alkyl halides is 2. The second-order valence-electron chi connectivity index (χ2n) is 4.16. The summed E-state index contributed by atoms with van der Waals surface area (Å²) in [5.74, 6) is -0.570. The smallest absolute Gasteiger partial charge is 0.338 e. The molecule has 1 unspecified atom stereocenters. The first-order valence-corrected chi connectivity index (χ1v) is 6.73. The Morgan fingerprint density at radius 1 is 1.42 bits per heavy atom. The van der Waals surface area contributed by atoms with Gasteiger partial charge in [0.05, 0.1) is 12.2 Å². The van der Waals surface area contributed by atoms with Gasteiger partial charge >= 0.3 is 5.97 Å². The van der Waals surface area contributed by atoms with Gasteiger partial charge in [-0.15, -0.1) is 0 Å². The summed E-state index contributed by atoms with van der Waals surface area (Å²) in [5, 5.41) is -0.791. The molecule has 1 aromatic carbocycles. The minimum absolute atomic E-state index is 0.162. The van der Waals surface area contributed by atoms with E-state index in [1.807, 2.05) is 0 Å². The third-order valence-corrected chi connectivity index (χ3v) is 3.54. The molecule has 1 heterocycles. The highest BCUT2D eigenvalue weighted by Crippen LogP contribution is 2.30. The van der Waals surface area contributed by atoms with E-state index in [0.717, 1.165) is 0 Å². The van der Waals surface area contributed by atoms with Crippen molar-refractivity contribution < 1.29 is 23.4 Å². The second kappa shape index (κ2) is 6.45. The van der Waals surface area contributed by atoms with Crippen LogP contribution in [0.4, 0.5) is 4.39 Å². The summed E-state index contributed by atoms with van der Waals surface area (Å²) in [6, 6.07) is 8.45. The number of hydrogen-bond donors (Lipinski definition) is 0. The van der Waals surface area contributed by atoms with Crippen molar-refractivity contribution in [2.75, 3.05) is 13.7 Å². The lowest BCUT2D eigenvalue weighted by Gasteiger charge is -2.19. The van der Waals surface area contributed by atoms with Gasteiger partial charge in [0, 0.05) is 7.11 Å². The van der Waals surface area contributed by atoms with Crippen LogP contribution in [0.15, 0.2) is 30.3 Å². The van der Waals surface area contributed by atoms with E-state index in [2.05, 4.69) is 15.9 Å². The van der Waals surface area contributed by atoms with Crippen LogP contribution >= 0.6 is 15.9 Å². The second-order valence-corrected chi connectivity index (χ2v) is 5.06. The maximum absolute atomic E-state index is 13.9. The summed E-state index contributed by atoms with van der Waals surface area (Å²) in [7, 11) is 1.48. The zero-order valence-electron chi connectivity index (χ0n) is 10.3. The molecule has 1 aliphatic rings. The maximum Gasteiger partial charge on any atom is 0.338 e. The van der Waals surface area contributed by atoms with Crippen molar-refractivity contribution in [1.82, 2.24) is 0 Å². The monoisotopic (exact) mass is 332 g/mol. The van der Waals surface area contributed by atoms with E-state index in [9.17, 15) is 9.18 Å². The lowest BCUT2D eigenvalue weighted by Crippen LogP contribution is -2.36. The number of benzene rings is 1. The molecular weight excluding hydrogens is 319 g/mol. The molecule has 4 atom stereocenters. The molecule has 1 fully saturated rings. The van der Waals surface area contributed by atoms with Crippen molar-refractivity contribution in [1.29, 1.82) is 0 Å². The topological polar surface area (TPSA) is 44.8 Å². The molecule has 6 heteroatoms. The molecule has 0 aliphatic carbocycles. The number of methoxy groups -OCH3 is 1. The molecule has 104 valence electrons. The molecule has 0 aromatic heterocycles. The largest absolute Gasteiger partial charge is 0.453 e. The molecule has 2 rings (SSSR count). The van der Waals surface area contributed by atoms with E-state index in [0.29, 0.717) is 5.56 Å². The van der Waals surface area contributed by atoms with Gasteiger partial charge in [0.15, 0.2) is 12.3 Å². The summed E-state index contributed by atoms with van der Waals surface area (Å²) in [6.45, 7) is 0.162. The Bertz CT molecular complexity index is 428. The number of esters is 1. The predicted molar refractivity (Wildman–Crippen MR) is 70.0 cm³/mol. The van der Waals surface area contributed by atoms with Gasteiger partial charge in [-0.05, 0) is 12.1 Å². The summed E-state index contributed by atoms with van der Waals surface area (Å²) in [4.78, 5) is 11.9. The summed E-state index contributed by atoms with van der Waals surface area (Å²) >= 11 is 3.06. The number of carbonyl (C=O) groups is 1. The number of rotatable bonds is 4. The Morgan fingerprint density at radius 3 is 2.74 bits per heavy atom. The van der Waals surface area contributed by atoms with E-state index in [-0.39, 0.29) is 6.61 Å². The molecule has 1 aliphatic heterocycles. The molecule has 0 bridgehead atoms. The molecule has 0 radical (unpaired) electrons. The lowest BCUT2D eigenvalue weighted by atomic mass is 10.1. The molecule has 0 amide bonds. The molecule has 19 heavy (non-hydrogen) atoms. The van der Waals surface area contributed by atoms with Crippen LogP contribution in [0.25, 0.3) is 0 Å². The molecule has 0 N–H and O–H groups in total. The molecule has 1 aromatic rings. The molecular formula is C13H14BrFO4. The third-order valence-electron chi connectivity index (χ3n) is 2.82. The third kappa shape index (κ3) is 3.32. The van der Waals surface area contributed by atoms with Gasteiger partial charge < -0.3 is 14.2 Å². The van der Waals surface area contributed by atoms with Crippen molar-refractivity contribution in [3.8, 4) is 0 Å². The fraction of sp³-hybridized carbons (Fsp3) is 0.462. The highest BCUT2D eigenvalue weighted by molar-refractivity contribution is 9.09. The summed E-state index contributed by atoms with van der Waals surface area (Å²) in [5.41, 5.74) is 0.379. The Morgan fingerprint density at radius 2 is 2.11 bits per heavy atom. The fourth-order valence-electron chi connectivity index (χ4n) is 1.88. The number of carbonyl (C=O) groups excluding carboxylic acids is 1. The predicted octanol–water partition coefficient (Wildman–Crippen LogP) is 2.32. The van der Waals surface area contributed by atoms with E-state index in [1.54, 1.807) is 30.3 Å². The van der Waals surface area contributed by atoms with Gasteiger partial charge in [-0.2, -0.15) is 0 Å². The summed E-state index contributed by atoms with van der Waals surface area (Å²) in [6.07, 6.45) is -3.01. The van der Waals surface area contributed by atoms with Crippen molar-refractivity contribution in [3.63, 3.8) is 0 Å². The standard InChI is InChI=1S/C13H14BrFO4/c1-17-7-9-11(10(15)12(14)18-9)19-13(16)8-5-3-2-4-6-8/h2-6,9-12H,7H2,1H3/t9-,10+,11?,12-/m1/s1. The Labute approximate surface area is 119 Å². The quantitative estimate of drug-likeness (QED) is 0.627. The van der Waals surface area contributed by atoms with Crippen LogP contribution in [-0.4, -0.2) is 43.1 Å². The number of halogens is 2. The average Bonchev–Trinajstić information content (AvgIpc) is 2.68. The van der Waals surface area contributed by atoms with Gasteiger partial charge in [0.2, 0.25) is 0 Å². The van der Waals surface area contributed by atoms with Crippen molar-refractivity contribution in [3.05, 3.63) is 35.9 Å². The SMILES string of the molecule is COC[C@H]1O[C@@H](Br)[C@@H](F)C1OC(=O)c1ccccc1. The van der Waals surface area contributed by atoms with Crippen molar-refractivity contribution in [2.45, 2.75) is 23.4 Å². The van der Waals surface area contributed by atoms with E-state index >= 15 is 0 Å². The Hall–Kier alpha value is -0.980. The van der Waals surface area contributed by atoms with Crippen LogP contribution in [0.3, 0.4) is 0 Å². The Kier molecular flexibility index (Phi) is 4.90. The zero-order chi connectivity index (χ0) is 13.8. The molecule has 4 nitrogen and oxygen atoms in total. The van der Waals surface area contributed by atoms with E-state index in [4.69, 9.17) is 14.2 Å². The zero-order valence-corrected chi connectivity index (χ0v) is 11.9. The van der Waals surface area contributed by atoms with Crippen molar-refractivity contribution in [2.24, 2.45) is 0 Å². The van der Waals surface area contributed by atoms with E-state index in [1.165, 1.54) is 7.11 Å². The first kappa shape index (κ1) is 14.4. The fourth-order valence-corrected chi connectivity index (χ4v) is 2.46. The van der Waals surface area contributed by atoms with Crippen LogP contribution in [0.2, 0.25) is 0 Å². The lowest BCUT2D eigenvalue weighted by molar-refractivity contribution is -0.0343. The minimum Gasteiger partial charge on any atom is -0.453 e. The van der Waals surface area contributed by atoms with Gasteiger partial charge in [-0.3, -0.25) is 0 Å². The van der Waals surface area contributed by atoms with Gasteiger partial charge in [-0.1, -0.05) is 34.1 Å². The van der Waals surface area contributed by atoms with Gasteiger partial charge in [-0.25, -0.2) is 9.18 Å². The number of ether oxygens (including phenoxy) is 3. The molecule has 1 saturated heterocycles. The highest BCUT2D eigenvalue weighted by atomic mass is 79.9. The van der Waals surface area contributed by atoms with Crippen LogP contribution in [0.5, 0.6) is 0 Å². The van der Waals surface area contributed by atoms with Gasteiger partial charge in [0.25, 0.3) is 0 Å². The van der Waals surface area contributed by atoms with E-state index < -0.39 is 29.4 Å². The minimum atomic E-state index is -1.42.